The number of hydrogen-bond donors (Lipinski definition) is 1. The molecule has 5 aromatic rings. The van der Waals surface area contributed by atoms with Gasteiger partial charge in [-0.15, -0.1) is 11.6 Å². The molecule has 0 aliphatic heterocycles. The van der Waals surface area contributed by atoms with Crippen molar-refractivity contribution < 1.29 is 36.3 Å². The molecule has 0 saturated heterocycles. The van der Waals surface area contributed by atoms with Crippen LogP contribution >= 0.6 is 11.6 Å². The summed E-state index contributed by atoms with van der Waals surface area (Å²) in [5.74, 6) is -3.64. The van der Waals surface area contributed by atoms with Crippen molar-refractivity contribution in [3.63, 3.8) is 0 Å². The number of ether oxygens (including phenoxy) is 1. The number of nitrogens with zero attached hydrogens (tertiary/aromatic N) is 3. The minimum Gasteiger partial charge on any atom is -0.494 e. The van der Waals surface area contributed by atoms with E-state index in [1.807, 2.05) is 0 Å². The number of anilines is 1. The lowest BCUT2D eigenvalue weighted by molar-refractivity contribution is -0.137. The maximum atomic E-state index is 14.8. The van der Waals surface area contributed by atoms with Crippen molar-refractivity contribution in [3.05, 3.63) is 95.1 Å². The van der Waals surface area contributed by atoms with Gasteiger partial charge in [0.05, 0.1) is 29.4 Å². The van der Waals surface area contributed by atoms with E-state index in [2.05, 4.69) is 10.3 Å². The van der Waals surface area contributed by atoms with Crippen molar-refractivity contribution in [1.82, 2.24) is 14.0 Å². The van der Waals surface area contributed by atoms with E-state index in [9.17, 15) is 31.5 Å². The molecule has 3 heterocycles. The van der Waals surface area contributed by atoms with E-state index in [1.165, 1.54) is 52.6 Å². The van der Waals surface area contributed by atoms with E-state index in [0.29, 0.717) is 5.82 Å². The molecule has 0 bridgehead atoms. The SMILES string of the molecule is COc1c(-c2cccn3c(C(=O)c4cc(F)c(NC(=O)/C=C/CCl)c(F)c4)ccc23)c(C(F)(F)F)cc2c1nc(C)n2C. The number of carbonyl (C=O) groups is 2. The van der Waals surface area contributed by atoms with E-state index in [0.717, 1.165) is 24.3 Å². The largest absolute Gasteiger partial charge is 0.494 e. The molecule has 0 fully saturated rings. The zero-order chi connectivity index (χ0) is 31.2. The highest BCUT2D eigenvalue weighted by Gasteiger charge is 2.38. The fourth-order valence-corrected chi connectivity index (χ4v) is 5.01. The first-order chi connectivity index (χ1) is 20.4. The second-order valence-corrected chi connectivity index (χ2v) is 9.81. The van der Waals surface area contributed by atoms with Crippen molar-refractivity contribution in [3.8, 4) is 16.9 Å². The van der Waals surface area contributed by atoms with Crippen LogP contribution in [-0.4, -0.2) is 38.6 Å². The van der Waals surface area contributed by atoms with Gasteiger partial charge in [0.15, 0.2) is 5.75 Å². The highest BCUT2D eigenvalue weighted by atomic mass is 35.5. The number of fused-ring (bicyclic) bond motifs is 2. The molecule has 3 aromatic heterocycles. The van der Waals surface area contributed by atoms with Crippen molar-refractivity contribution in [2.75, 3.05) is 18.3 Å². The molecule has 0 unspecified atom stereocenters. The van der Waals surface area contributed by atoms with Crippen LogP contribution in [0.4, 0.5) is 27.6 Å². The van der Waals surface area contributed by atoms with Crippen LogP contribution in [0.3, 0.4) is 0 Å². The van der Waals surface area contributed by atoms with Crippen molar-refractivity contribution >= 4 is 45.5 Å². The number of ketones is 1. The minimum absolute atomic E-state index is 0.0144. The third-order valence-electron chi connectivity index (χ3n) is 6.97. The first kappa shape index (κ1) is 29.8. The monoisotopic (exact) mass is 616 g/mol. The number of aryl methyl sites for hydroxylation is 2. The van der Waals surface area contributed by atoms with Gasteiger partial charge in [-0.2, -0.15) is 13.2 Å². The number of rotatable bonds is 7. The average Bonchev–Trinajstić information content (AvgIpc) is 3.52. The van der Waals surface area contributed by atoms with E-state index in [1.54, 1.807) is 14.0 Å². The number of aromatic nitrogens is 3. The first-order valence-electron chi connectivity index (χ1n) is 12.7. The lowest BCUT2D eigenvalue weighted by atomic mass is 9.96. The lowest BCUT2D eigenvalue weighted by Crippen LogP contribution is -2.13. The Morgan fingerprint density at radius 3 is 2.42 bits per heavy atom. The zero-order valence-corrected chi connectivity index (χ0v) is 23.6. The number of amides is 1. The summed E-state index contributed by atoms with van der Waals surface area (Å²) in [4.78, 5) is 29.7. The van der Waals surface area contributed by atoms with Crippen molar-refractivity contribution in [1.29, 1.82) is 0 Å². The third-order valence-corrected chi connectivity index (χ3v) is 7.15. The average molecular weight is 617 g/mol. The number of nitrogens with one attached hydrogen (secondary N) is 1. The summed E-state index contributed by atoms with van der Waals surface area (Å²) in [6, 6.07) is 8.19. The molecule has 7 nitrogen and oxygen atoms in total. The van der Waals surface area contributed by atoms with Gasteiger partial charge in [-0.05, 0) is 43.3 Å². The number of alkyl halides is 4. The summed E-state index contributed by atoms with van der Waals surface area (Å²) in [6.45, 7) is 1.66. The number of halogens is 6. The molecular weight excluding hydrogens is 595 g/mol. The van der Waals surface area contributed by atoms with E-state index in [4.69, 9.17) is 16.3 Å². The normalized spacial score (nSPS) is 12.0. The number of hydrogen-bond acceptors (Lipinski definition) is 4. The van der Waals surface area contributed by atoms with Crippen LogP contribution in [0.15, 0.2) is 60.8 Å². The van der Waals surface area contributed by atoms with Crippen LogP contribution in [0.25, 0.3) is 27.7 Å². The van der Waals surface area contributed by atoms with Crippen molar-refractivity contribution in [2.45, 2.75) is 13.1 Å². The second-order valence-electron chi connectivity index (χ2n) is 9.50. The van der Waals surface area contributed by atoms with Gasteiger partial charge in [-0.3, -0.25) is 9.59 Å². The molecule has 0 radical (unpaired) electrons. The minimum atomic E-state index is -4.78. The Kier molecular flexibility index (Phi) is 7.74. The fourth-order valence-electron chi connectivity index (χ4n) is 4.92. The molecule has 13 heteroatoms. The van der Waals surface area contributed by atoms with Gasteiger partial charge < -0.3 is 19.0 Å². The number of imidazole rings is 1. The standard InChI is InChI=1S/C30H22ClF5N4O3/c1-15-37-27-23(39(15)2)14-18(30(34,35)36)25(29(27)43-3)17-6-5-11-40-21(17)8-9-22(40)28(42)16-12-19(32)26(20(33)13-16)38-24(41)7-4-10-31/h4-9,11-14H,10H2,1-3H3,(H,38,41)/b7-4+. The Balaban J connectivity index is 1.65. The van der Waals surface area contributed by atoms with Crippen molar-refractivity contribution in [2.24, 2.45) is 7.05 Å². The molecule has 43 heavy (non-hydrogen) atoms. The number of benzene rings is 2. The summed E-state index contributed by atoms with van der Waals surface area (Å²) < 4.78 is 81.4. The molecule has 2 aromatic carbocycles. The molecule has 0 spiro atoms. The predicted octanol–water partition coefficient (Wildman–Crippen LogP) is 7.07. The Morgan fingerprint density at radius 1 is 1.09 bits per heavy atom. The number of pyridine rings is 1. The van der Waals surface area contributed by atoms with E-state index < -0.39 is 40.8 Å². The van der Waals surface area contributed by atoms with Gasteiger partial charge in [-0.1, -0.05) is 12.1 Å². The van der Waals surface area contributed by atoms with Crippen LogP contribution in [0.2, 0.25) is 0 Å². The Morgan fingerprint density at radius 2 is 1.79 bits per heavy atom. The summed E-state index contributed by atoms with van der Waals surface area (Å²) in [5.41, 5.74) is -1.69. The van der Waals surface area contributed by atoms with Gasteiger partial charge in [0.1, 0.15) is 28.7 Å². The maximum absolute atomic E-state index is 14.8. The molecule has 222 valence electrons. The number of carbonyl (C=O) groups excluding carboxylic acids is 2. The molecule has 0 aliphatic carbocycles. The number of methoxy groups -OCH3 is 1. The molecule has 1 amide bonds. The summed E-state index contributed by atoms with van der Waals surface area (Å²) in [6.07, 6.45) is -1.06. The van der Waals surface area contributed by atoms with Crippen LogP contribution in [0.1, 0.15) is 27.4 Å². The van der Waals surface area contributed by atoms with Crippen LogP contribution in [0.5, 0.6) is 5.75 Å². The third kappa shape index (κ3) is 5.22. The van der Waals surface area contributed by atoms with Crippen LogP contribution < -0.4 is 10.1 Å². The smallest absolute Gasteiger partial charge is 0.417 e. The van der Waals surface area contributed by atoms with Gasteiger partial charge in [0.25, 0.3) is 0 Å². The maximum Gasteiger partial charge on any atom is 0.417 e. The lowest BCUT2D eigenvalue weighted by Gasteiger charge is -2.18. The second kappa shape index (κ2) is 11.2. The Hall–Kier alpha value is -4.71. The van der Waals surface area contributed by atoms with E-state index >= 15 is 0 Å². The molecule has 0 aliphatic rings. The molecular formula is C30H22ClF5N4O3. The predicted molar refractivity (Wildman–Crippen MR) is 152 cm³/mol. The van der Waals surface area contributed by atoms with Gasteiger partial charge in [0.2, 0.25) is 11.7 Å². The summed E-state index contributed by atoms with van der Waals surface area (Å²) in [7, 11) is 2.85. The fraction of sp³-hybridized carbons (Fsp3) is 0.167. The van der Waals surface area contributed by atoms with Gasteiger partial charge in [-0.25, -0.2) is 13.8 Å². The van der Waals surface area contributed by atoms with Gasteiger partial charge >= 0.3 is 6.18 Å². The molecule has 1 N–H and O–H groups in total. The van der Waals surface area contributed by atoms with E-state index in [-0.39, 0.29) is 50.6 Å². The highest BCUT2D eigenvalue weighted by molar-refractivity contribution is 6.19. The zero-order valence-electron chi connectivity index (χ0n) is 22.8. The summed E-state index contributed by atoms with van der Waals surface area (Å²) >= 11 is 5.46. The first-order valence-corrected chi connectivity index (χ1v) is 13.2. The van der Waals surface area contributed by atoms with Gasteiger partial charge in [0, 0.05) is 41.9 Å². The number of allylic oxidation sites excluding steroid dienone is 1. The quantitative estimate of drug-likeness (QED) is 0.0918. The molecule has 0 atom stereocenters. The van der Waals surface area contributed by atoms with Crippen LogP contribution in [0, 0.1) is 18.6 Å². The van der Waals surface area contributed by atoms with Crippen LogP contribution in [-0.2, 0) is 18.0 Å². The Labute approximate surface area is 246 Å². The Bertz CT molecular complexity index is 1940. The molecule has 0 saturated carbocycles. The highest BCUT2D eigenvalue weighted by Crippen LogP contribution is 2.47. The summed E-state index contributed by atoms with van der Waals surface area (Å²) in [5, 5.41) is 2.05. The molecule has 5 rings (SSSR count). The topological polar surface area (TPSA) is 77.6 Å².